The van der Waals surface area contributed by atoms with E-state index >= 15 is 0 Å². The van der Waals surface area contributed by atoms with Gasteiger partial charge in [0, 0.05) is 13.1 Å². The Morgan fingerprint density at radius 3 is 2.77 bits per heavy atom. The molecule has 5 heteroatoms. The molecule has 5 nitrogen and oxygen atoms in total. The van der Waals surface area contributed by atoms with Crippen LogP contribution in [0.15, 0.2) is 6.20 Å². The van der Waals surface area contributed by atoms with E-state index in [2.05, 4.69) is 29.1 Å². The number of aldehydes is 1. The first-order valence-electron chi connectivity index (χ1n) is 4.40. The minimum Gasteiger partial charge on any atom is -0.356 e. The van der Waals surface area contributed by atoms with Crippen molar-refractivity contribution in [1.29, 1.82) is 0 Å². The van der Waals surface area contributed by atoms with E-state index in [0.717, 1.165) is 25.2 Å². The van der Waals surface area contributed by atoms with Gasteiger partial charge >= 0.3 is 0 Å². The molecule has 0 spiro atoms. The lowest BCUT2D eigenvalue weighted by Crippen LogP contribution is -2.25. The van der Waals surface area contributed by atoms with Gasteiger partial charge in [-0.25, -0.2) is 4.68 Å². The third-order valence-electron chi connectivity index (χ3n) is 1.93. The fourth-order valence-corrected chi connectivity index (χ4v) is 1.25. The van der Waals surface area contributed by atoms with Gasteiger partial charge in [0.25, 0.3) is 0 Å². The molecule has 0 fully saturated rings. The topological polar surface area (TPSA) is 51.0 Å². The Balaban J connectivity index is 2.84. The number of rotatable bonds is 5. The highest BCUT2D eigenvalue weighted by molar-refractivity contribution is 5.51. The van der Waals surface area contributed by atoms with Gasteiger partial charge in [0.1, 0.15) is 18.6 Å². The van der Waals surface area contributed by atoms with Crippen LogP contribution in [0.2, 0.25) is 0 Å². The molecule has 0 aliphatic carbocycles. The van der Waals surface area contributed by atoms with Crippen molar-refractivity contribution in [3.05, 3.63) is 6.20 Å². The molecule has 1 rings (SSSR count). The molecule has 0 bridgehead atoms. The molecule has 13 heavy (non-hydrogen) atoms. The highest BCUT2D eigenvalue weighted by Crippen LogP contribution is 2.09. The molecule has 72 valence electrons. The Morgan fingerprint density at radius 2 is 2.23 bits per heavy atom. The summed E-state index contributed by atoms with van der Waals surface area (Å²) in [5, 5.41) is 7.59. The summed E-state index contributed by atoms with van der Waals surface area (Å²) in [5.41, 5.74) is 0. The first-order valence-corrected chi connectivity index (χ1v) is 4.40. The average Bonchev–Trinajstić information content (AvgIpc) is 2.57. The molecule has 0 N–H and O–H groups in total. The quantitative estimate of drug-likeness (QED) is 0.615. The molecular formula is C8H14N4O. The zero-order chi connectivity index (χ0) is 9.68. The molecule has 0 saturated carbocycles. The number of nitrogens with zero attached hydrogens (tertiary/aromatic N) is 4. The molecule has 0 saturated heterocycles. The predicted octanol–water partition coefficient (Wildman–Crippen LogP) is 0.323. The maximum Gasteiger partial charge on any atom is 0.147 e. The third kappa shape index (κ3) is 2.05. The zero-order valence-electron chi connectivity index (χ0n) is 7.97. The van der Waals surface area contributed by atoms with Gasteiger partial charge in [-0.1, -0.05) is 5.21 Å². The smallest absolute Gasteiger partial charge is 0.147 e. The summed E-state index contributed by atoms with van der Waals surface area (Å²) >= 11 is 0. The van der Waals surface area contributed by atoms with Gasteiger partial charge in [0.2, 0.25) is 0 Å². The molecule has 1 heterocycles. The Labute approximate surface area is 77.3 Å². The van der Waals surface area contributed by atoms with Gasteiger partial charge in [0.05, 0.1) is 6.20 Å². The number of carbonyl (C=O) groups is 1. The fourth-order valence-electron chi connectivity index (χ4n) is 1.25. The van der Waals surface area contributed by atoms with E-state index in [1.165, 1.54) is 0 Å². The Bertz CT molecular complexity index is 267. The molecule has 0 amide bonds. The van der Waals surface area contributed by atoms with Gasteiger partial charge in [0.15, 0.2) is 0 Å². The van der Waals surface area contributed by atoms with Crippen molar-refractivity contribution in [2.75, 3.05) is 18.0 Å². The number of hydrogen-bond acceptors (Lipinski definition) is 4. The monoisotopic (exact) mass is 182 g/mol. The molecule has 0 radical (unpaired) electrons. The minimum atomic E-state index is 0.270. The van der Waals surface area contributed by atoms with E-state index in [1.807, 2.05) is 0 Å². The lowest BCUT2D eigenvalue weighted by atomic mass is 10.5. The highest BCUT2D eigenvalue weighted by Gasteiger charge is 2.08. The van der Waals surface area contributed by atoms with Crippen molar-refractivity contribution in [3.63, 3.8) is 0 Å². The van der Waals surface area contributed by atoms with Gasteiger partial charge < -0.3 is 9.69 Å². The minimum absolute atomic E-state index is 0.270. The van der Waals surface area contributed by atoms with Crippen LogP contribution >= 0.6 is 0 Å². The standard InChI is InChI=1S/C8H14N4O/c1-3-11(4-2)8-7-9-10-12(8)5-6-13/h6-7H,3-5H2,1-2H3. The molecule has 1 aromatic heterocycles. The van der Waals surface area contributed by atoms with Crippen LogP contribution < -0.4 is 4.90 Å². The van der Waals surface area contributed by atoms with Crippen molar-refractivity contribution in [1.82, 2.24) is 15.0 Å². The Morgan fingerprint density at radius 1 is 1.54 bits per heavy atom. The van der Waals surface area contributed by atoms with Gasteiger partial charge in [-0.05, 0) is 13.8 Å². The molecule has 0 unspecified atom stereocenters. The van der Waals surface area contributed by atoms with Crippen LogP contribution in [-0.2, 0) is 11.3 Å². The average molecular weight is 182 g/mol. The van der Waals surface area contributed by atoms with Crippen LogP contribution in [-0.4, -0.2) is 34.4 Å². The first-order chi connectivity index (χ1) is 6.33. The van der Waals surface area contributed by atoms with E-state index < -0.39 is 0 Å². The number of carbonyl (C=O) groups excluding carboxylic acids is 1. The SMILES string of the molecule is CCN(CC)c1cnnn1CC=O. The third-order valence-corrected chi connectivity index (χ3v) is 1.93. The Kier molecular flexibility index (Phi) is 3.42. The largest absolute Gasteiger partial charge is 0.356 e. The Hall–Kier alpha value is -1.39. The van der Waals surface area contributed by atoms with Crippen molar-refractivity contribution >= 4 is 12.1 Å². The first kappa shape index (κ1) is 9.70. The summed E-state index contributed by atoms with van der Waals surface area (Å²) in [6.07, 6.45) is 2.50. The van der Waals surface area contributed by atoms with Crippen LogP contribution in [0.3, 0.4) is 0 Å². The second kappa shape index (κ2) is 4.59. The van der Waals surface area contributed by atoms with Crippen molar-refractivity contribution < 1.29 is 4.79 Å². The summed E-state index contributed by atoms with van der Waals surface area (Å²) < 4.78 is 1.60. The van der Waals surface area contributed by atoms with Gasteiger partial charge in [-0.3, -0.25) is 0 Å². The van der Waals surface area contributed by atoms with Crippen LogP contribution in [0.5, 0.6) is 0 Å². The molecule has 0 atom stereocenters. The van der Waals surface area contributed by atoms with E-state index in [0.29, 0.717) is 0 Å². The van der Waals surface area contributed by atoms with Crippen LogP contribution in [0, 0.1) is 0 Å². The number of hydrogen-bond donors (Lipinski definition) is 0. The predicted molar refractivity (Wildman–Crippen MR) is 49.6 cm³/mol. The van der Waals surface area contributed by atoms with E-state index in [1.54, 1.807) is 10.9 Å². The zero-order valence-corrected chi connectivity index (χ0v) is 7.97. The van der Waals surface area contributed by atoms with Gasteiger partial charge in [-0.15, -0.1) is 5.10 Å². The summed E-state index contributed by atoms with van der Waals surface area (Å²) in [6, 6.07) is 0. The molecule has 0 aliphatic rings. The maximum absolute atomic E-state index is 10.3. The van der Waals surface area contributed by atoms with Crippen molar-refractivity contribution in [2.45, 2.75) is 20.4 Å². The summed E-state index contributed by atoms with van der Waals surface area (Å²) in [7, 11) is 0. The molecule has 1 aromatic rings. The number of aromatic nitrogens is 3. The maximum atomic E-state index is 10.3. The molecule has 0 aliphatic heterocycles. The number of anilines is 1. The van der Waals surface area contributed by atoms with Crippen LogP contribution in [0.25, 0.3) is 0 Å². The van der Waals surface area contributed by atoms with Crippen molar-refractivity contribution in [2.24, 2.45) is 0 Å². The van der Waals surface area contributed by atoms with Crippen molar-refractivity contribution in [3.8, 4) is 0 Å². The summed E-state index contributed by atoms with van der Waals surface area (Å²) in [6.45, 7) is 6.17. The highest BCUT2D eigenvalue weighted by atomic mass is 16.1. The lowest BCUT2D eigenvalue weighted by molar-refractivity contribution is -0.108. The lowest BCUT2D eigenvalue weighted by Gasteiger charge is -2.19. The van der Waals surface area contributed by atoms with E-state index in [9.17, 15) is 4.79 Å². The fraction of sp³-hybridized carbons (Fsp3) is 0.625. The van der Waals surface area contributed by atoms with Crippen LogP contribution in [0.1, 0.15) is 13.8 Å². The van der Waals surface area contributed by atoms with E-state index in [4.69, 9.17) is 0 Å². The molecular weight excluding hydrogens is 168 g/mol. The second-order valence-electron chi connectivity index (χ2n) is 2.61. The van der Waals surface area contributed by atoms with Gasteiger partial charge in [-0.2, -0.15) is 0 Å². The molecule has 0 aromatic carbocycles. The normalized spacial score (nSPS) is 10.0. The summed E-state index contributed by atoms with van der Waals surface area (Å²) in [5.74, 6) is 0.900. The van der Waals surface area contributed by atoms with Crippen LogP contribution in [0.4, 0.5) is 5.82 Å². The second-order valence-corrected chi connectivity index (χ2v) is 2.61. The van der Waals surface area contributed by atoms with E-state index in [-0.39, 0.29) is 6.54 Å². The summed E-state index contributed by atoms with van der Waals surface area (Å²) in [4.78, 5) is 12.4.